The van der Waals surface area contributed by atoms with Crippen molar-refractivity contribution in [3.8, 4) is 17.2 Å². The van der Waals surface area contributed by atoms with Crippen molar-refractivity contribution < 1.29 is 28.9 Å². The monoisotopic (exact) mass is 511 g/mol. The van der Waals surface area contributed by atoms with E-state index in [4.69, 9.17) is 25.8 Å². The highest BCUT2D eigenvalue weighted by molar-refractivity contribution is 6.46. The number of nitrogens with zero attached hydrogens (tertiary/aromatic N) is 3. The summed E-state index contributed by atoms with van der Waals surface area (Å²) in [6, 6.07) is 8.86. The number of hydrogen-bond acceptors (Lipinski definition) is 7. The van der Waals surface area contributed by atoms with E-state index in [0.29, 0.717) is 35.8 Å². The molecule has 0 saturated carbocycles. The van der Waals surface area contributed by atoms with Crippen LogP contribution in [0.3, 0.4) is 0 Å². The minimum atomic E-state index is -0.904. The molecule has 1 fully saturated rings. The molecule has 10 heteroatoms. The second-order valence-electron chi connectivity index (χ2n) is 8.10. The van der Waals surface area contributed by atoms with E-state index in [2.05, 4.69) is 4.98 Å². The summed E-state index contributed by atoms with van der Waals surface area (Å²) in [5.74, 6) is -0.471. The van der Waals surface area contributed by atoms with Gasteiger partial charge in [0, 0.05) is 36.6 Å². The number of aryl methyl sites for hydroxylation is 1. The summed E-state index contributed by atoms with van der Waals surface area (Å²) in [5.41, 5.74) is 0.735. The number of carbonyl (C=O) groups excluding carboxylic acids is 2. The van der Waals surface area contributed by atoms with Crippen molar-refractivity contribution in [1.82, 2.24) is 14.5 Å². The maximum atomic E-state index is 13.3. The van der Waals surface area contributed by atoms with E-state index in [1.807, 2.05) is 10.8 Å². The third-order valence-corrected chi connectivity index (χ3v) is 6.37. The Hall–Kier alpha value is -3.98. The average Bonchev–Trinajstić information content (AvgIpc) is 3.50. The van der Waals surface area contributed by atoms with Crippen LogP contribution in [0.25, 0.3) is 5.76 Å². The van der Waals surface area contributed by atoms with Crippen LogP contribution in [0, 0.1) is 0 Å². The van der Waals surface area contributed by atoms with Crippen molar-refractivity contribution in [1.29, 1.82) is 0 Å². The van der Waals surface area contributed by atoms with E-state index >= 15 is 0 Å². The molecule has 1 amide bonds. The number of hydrogen-bond donors (Lipinski definition) is 1. The molecule has 3 aromatic rings. The number of ether oxygens (including phenoxy) is 3. The van der Waals surface area contributed by atoms with E-state index in [-0.39, 0.29) is 28.5 Å². The van der Waals surface area contributed by atoms with Gasteiger partial charge in [-0.15, -0.1) is 0 Å². The van der Waals surface area contributed by atoms with Crippen molar-refractivity contribution in [2.24, 2.45) is 0 Å². The largest absolute Gasteiger partial charge is 0.507 e. The van der Waals surface area contributed by atoms with Crippen LogP contribution < -0.4 is 14.2 Å². The molecule has 188 valence electrons. The highest BCUT2D eigenvalue weighted by Crippen LogP contribution is 2.44. The first-order chi connectivity index (χ1) is 17.4. The van der Waals surface area contributed by atoms with Crippen LogP contribution in [-0.2, 0) is 16.1 Å². The predicted molar refractivity (Wildman–Crippen MR) is 133 cm³/mol. The number of amides is 1. The molecular weight excluding hydrogens is 486 g/mol. The molecule has 0 radical (unpaired) electrons. The lowest BCUT2D eigenvalue weighted by Gasteiger charge is -2.27. The molecule has 4 rings (SSSR count). The summed E-state index contributed by atoms with van der Waals surface area (Å²) < 4.78 is 18.0. The normalized spacial score (nSPS) is 16.9. The van der Waals surface area contributed by atoms with Gasteiger partial charge in [0.1, 0.15) is 23.0 Å². The van der Waals surface area contributed by atoms with Crippen molar-refractivity contribution in [2.45, 2.75) is 19.0 Å². The van der Waals surface area contributed by atoms with Gasteiger partial charge in [0.05, 0.1) is 44.3 Å². The quantitative estimate of drug-likeness (QED) is 0.262. The summed E-state index contributed by atoms with van der Waals surface area (Å²) in [6.45, 7) is 0.854. The summed E-state index contributed by atoms with van der Waals surface area (Å²) in [4.78, 5) is 32.0. The third-order valence-electron chi connectivity index (χ3n) is 6.07. The van der Waals surface area contributed by atoms with Crippen LogP contribution >= 0.6 is 11.6 Å². The first-order valence-corrected chi connectivity index (χ1v) is 11.6. The zero-order valence-corrected chi connectivity index (χ0v) is 20.9. The van der Waals surface area contributed by atoms with Gasteiger partial charge in [0.25, 0.3) is 11.7 Å². The number of aliphatic hydroxyl groups excluding tert-OH is 1. The fraction of sp³-hybridized carbons (Fsp3) is 0.269. The zero-order chi connectivity index (χ0) is 25.8. The van der Waals surface area contributed by atoms with Crippen LogP contribution in [0.15, 0.2) is 60.7 Å². The van der Waals surface area contributed by atoms with E-state index in [9.17, 15) is 14.7 Å². The van der Waals surface area contributed by atoms with E-state index < -0.39 is 17.7 Å². The molecule has 0 unspecified atom stereocenters. The number of carbonyl (C=O) groups is 2. The zero-order valence-electron chi connectivity index (χ0n) is 20.1. The van der Waals surface area contributed by atoms with Gasteiger partial charge in [-0.2, -0.15) is 0 Å². The first kappa shape index (κ1) is 25.1. The Bertz CT molecular complexity index is 1310. The predicted octanol–water partition coefficient (Wildman–Crippen LogP) is 4.07. The smallest absolute Gasteiger partial charge is 0.295 e. The van der Waals surface area contributed by atoms with Crippen LogP contribution in [0.1, 0.15) is 23.6 Å². The van der Waals surface area contributed by atoms with Gasteiger partial charge in [0.15, 0.2) is 0 Å². The van der Waals surface area contributed by atoms with Crippen LogP contribution in [-0.4, -0.2) is 59.1 Å². The molecule has 36 heavy (non-hydrogen) atoms. The van der Waals surface area contributed by atoms with Crippen LogP contribution in [0.4, 0.5) is 0 Å². The molecular formula is C26H26ClN3O6. The number of halogens is 1. The third kappa shape index (κ3) is 4.74. The fourth-order valence-electron chi connectivity index (χ4n) is 4.30. The minimum absolute atomic E-state index is 0.0598. The Morgan fingerprint density at radius 1 is 1.03 bits per heavy atom. The van der Waals surface area contributed by atoms with Gasteiger partial charge in [-0.3, -0.25) is 9.59 Å². The molecule has 0 aliphatic carbocycles. The molecule has 0 bridgehead atoms. The van der Waals surface area contributed by atoms with E-state index in [1.54, 1.807) is 42.9 Å². The molecule has 2 heterocycles. The van der Waals surface area contributed by atoms with Crippen molar-refractivity contribution in [2.75, 3.05) is 27.9 Å². The highest BCUT2D eigenvalue weighted by Gasteiger charge is 2.47. The highest BCUT2D eigenvalue weighted by atomic mass is 35.5. The maximum absolute atomic E-state index is 13.3. The van der Waals surface area contributed by atoms with E-state index in [1.165, 1.54) is 32.3 Å². The topological polar surface area (TPSA) is 103 Å². The lowest BCUT2D eigenvalue weighted by atomic mass is 9.94. The second kappa shape index (κ2) is 10.7. The number of methoxy groups -OCH3 is 3. The number of Topliss-reactive ketones (excluding diaryl/α,β-unsaturated/α-hetero) is 1. The van der Waals surface area contributed by atoms with Gasteiger partial charge in [-0.1, -0.05) is 11.6 Å². The van der Waals surface area contributed by atoms with Gasteiger partial charge < -0.3 is 28.8 Å². The minimum Gasteiger partial charge on any atom is -0.507 e. The number of rotatable bonds is 9. The van der Waals surface area contributed by atoms with Crippen molar-refractivity contribution in [3.05, 3.63) is 76.8 Å². The Balaban J connectivity index is 1.83. The number of likely N-dealkylation sites (tertiary alicyclic amines) is 1. The standard InChI is InChI=1S/C26H26ClN3O6/c1-34-17-6-8-20(35-2)18(14-17)23-22(24(31)16-5-7-21(36-3)19(27)13-16)25(32)26(33)30(23)11-4-10-29-12-9-28-15-29/h5-9,12-15,23,31H,4,10-11H2,1-3H3/b24-22+/t23-/m0/s1. The lowest BCUT2D eigenvalue weighted by Crippen LogP contribution is -2.31. The van der Waals surface area contributed by atoms with Crippen LogP contribution in [0.5, 0.6) is 17.2 Å². The second-order valence-corrected chi connectivity index (χ2v) is 8.51. The molecule has 0 spiro atoms. The Morgan fingerprint density at radius 2 is 1.78 bits per heavy atom. The number of imidazole rings is 1. The summed E-state index contributed by atoms with van der Waals surface area (Å²) in [5, 5.41) is 11.6. The Labute approximate surface area is 213 Å². The van der Waals surface area contributed by atoms with Gasteiger partial charge in [-0.25, -0.2) is 4.98 Å². The number of aromatic nitrogens is 2. The molecule has 1 aliphatic rings. The molecule has 1 atom stereocenters. The molecule has 1 aromatic heterocycles. The van der Waals surface area contributed by atoms with Crippen LogP contribution in [0.2, 0.25) is 5.02 Å². The van der Waals surface area contributed by atoms with Crippen molar-refractivity contribution in [3.63, 3.8) is 0 Å². The Morgan fingerprint density at radius 3 is 2.42 bits per heavy atom. The first-order valence-electron chi connectivity index (χ1n) is 11.2. The van der Waals surface area contributed by atoms with Gasteiger partial charge in [-0.05, 0) is 42.8 Å². The molecule has 1 aliphatic heterocycles. The molecule has 1 N–H and O–H groups in total. The average molecular weight is 512 g/mol. The molecule has 2 aromatic carbocycles. The number of benzene rings is 2. The number of aliphatic hydroxyl groups is 1. The van der Waals surface area contributed by atoms with Gasteiger partial charge >= 0.3 is 0 Å². The molecule has 1 saturated heterocycles. The van der Waals surface area contributed by atoms with Gasteiger partial charge in [0.2, 0.25) is 0 Å². The van der Waals surface area contributed by atoms with Crippen molar-refractivity contribution >= 4 is 29.1 Å². The fourth-order valence-corrected chi connectivity index (χ4v) is 4.56. The lowest BCUT2D eigenvalue weighted by molar-refractivity contribution is -0.140. The SMILES string of the molecule is COc1ccc(OC)c([C@H]2/C(=C(\O)c3ccc(OC)c(Cl)c3)C(=O)C(=O)N2CCCn2ccnc2)c1. The maximum Gasteiger partial charge on any atom is 0.295 e. The van der Waals surface area contributed by atoms with E-state index in [0.717, 1.165) is 0 Å². The summed E-state index contributed by atoms with van der Waals surface area (Å²) in [6.07, 6.45) is 5.74. The Kier molecular flexibility index (Phi) is 7.49. The summed E-state index contributed by atoms with van der Waals surface area (Å²) >= 11 is 6.27. The summed E-state index contributed by atoms with van der Waals surface area (Å²) in [7, 11) is 4.50. The molecule has 9 nitrogen and oxygen atoms in total. The number of ketones is 1.